The first-order valence-electron chi connectivity index (χ1n) is 3.52. The molecule has 0 atom stereocenters. The molecule has 1 heterocycles. The molecule has 1 aliphatic heterocycles. The molecule has 1 nitrogen and oxygen atoms in total. The van der Waals surface area contributed by atoms with Crippen LogP contribution in [0.5, 0.6) is 0 Å². The molecule has 9 heavy (non-hydrogen) atoms. The fourth-order valence-electron chi connectivity index (χ4n) is 1.23. The minimum atomic E-state index is 0.801. The number of terminal acetylenes is 1. The summed E-state index contributed by atoms with van der Waals surface area (Å²) in [7, 11) is 0. The van der Waals surface area contributed by atoms with Gasteiger partial charge in [-0.25, -0.2) is 0 Å². The van der Waals surface area contributed by atoms with Crippen molar-refractivity contribution in [2.75, 3.05) is 19.6 Å². The summed E-state index contributed by atoms with van der Waals surface area (Å²) >= 11 is 0. The van der Waals surface area contributed by atoms with Crippen molar-refractivity contribution >= 4 is 0 Å². The van der Waals surface area contributed by atoms with Crippen LogP contribution in [0.3, 0.4) is 0 Å². The van der Waals surface area contributed by atoms with Gasteiger partial charge in [0.25, 0.3) is 0 Å². The Morgan fingerprint density at radius 3 is 2.78 bits per heavy atom. The third-order valence-corrected chi connectivity index (χ3v) is 1.89. The van der Waals surface area contributed by atoms with E-state index in [4.69, 9.17) is 6.42 Å². The topological polar surface area (TPSA) is 3.24 Å². The molecule has 1 fully saturated rings. The van der Waals surface area contributed by atoms with E-state index in [1.54, 1.807) is 0 Å². The zero-order valence-corrected chi connectivity index (χ0v) is 5.93. The second kappa shape index (κ2) is 2.89. The van der Waals surface area contributed by atoms with Crippen molar-refractivity contribution in [1.82, 2.24) is 4.90 Å². The number of rotatable bonds is 2. The summed E-state index contributed by atoms with van der Waals surface area (Å²) in [6.45, 7) is 5.81. The van der Waals surface area contributed by atoms with Crippen molar-refractivity contribution in [3.8, 4) is 12.3 Å². The monoisotopic (exact) mass is 123 g/mol. The van der Waals surface area contributed by atoms with Gasteiger partial charge < -0.3 is 4.90 Å². The van der Waals surface area contributed by atoms with Gasteiger partial charge in [-0.3, -0.25) is 0 Å². The van der Waals surface area contributed by atoms with Crippen LogP contribution in [0.15, 0.2) is 0 Å². The molecule has 0 aromatic rings. The molecule has 0 saturated carbocycles. The van der Waals surface area contributed by atoms with Gasteiger partial charge in [-0.05, 0) is 12.5 Å². The summed E-state index contributed by atoms with van der Waals surface area (Å²) in [5.41, 5.74) is 0. The third kappa shape index (κ3) is 1.46. The molecule has 50 valence electrons. The lowest BCUT2D eigenvalue weighted by Gasteiger charge is -2.37. The van der Waals surface area contributed by atoms with E-state index < -0.39 is 0 Å². The predicted molar refractivity (Wildman–Crippen MR) is 39.1 cm³/mol. The van der Waals surface area contributed by atoms with Gasteiger partial charge in [-0.1, -0.05) is 6.92 Å². The number of hydrogen-bond donors (Lipinski definition) is 0. The maximum absolute atomic E-state index is 5.16. The highest BCUT2D eigenvalue weighted by molar-refractivity contribution is 4.92. The van der Waals surface area contributed by atoms with Crippen molar-refractivity contribution in [3.63, 3.8) is 0 Å². The molecule has 0 spiro atoms. The Hall–Kier alpha value is -0.480. The molecule has 0 bridgehead atoms. The molecule has 0 aliphatic carbocycles. The zero-order valence-electron chi connectivity index (χ0n) is 5.93. The third-order valence-electron chi connectivity index (χ3n) is 1.89. The van der Waals surface area contributed by atoms with E-state index in [1.165, 1.54) is 19.6 Å². The van der Waals surface area contributed by atoms with Gasteiger partial charge in [0.1, 0.15) is 0 Å². The highest BCUT2D eigenvalue weighted by Gasteiger charge is 2.23. The van der Waals surface area contributed by atoms with Crippen LogP contribution in [0.4, 0.5) is 0 Å². The van der Waals surface area contributed by atoms with Crippen LogP contribution in [0.25, 0.3) is 0 Å². The molecular weight excluding hydrogens is 110 g/mol. The second-order valence-electron chi connectivity index (χ2n) is 2.63. The lowest BCUT2D eigenvalue weighted by atomic mass is 9.97. The first-order valence-corrected chi connectivity index (χ1v) is 3.52. The van der Waals surface area contributed by atoms with Crippen LogP contribution in [0.1, 0.15) is 13.3 Å². The van der Waals surface area contributed by atoms with E-state index in [0.29, 0.717) is 0 Å². The number of hydrogen-bond acceptors (Lipinski definition) is 1. The molecule has 0 amide bonds. The first-order chi connectivity index (χ1) is 4.36. The van der Waals surface area contributed by atoms with Crippen LogP contribution in [0, 0.1) is 18.3 Å². The molecule has 1 rings (SSSR count). The average Bonchev–Trinajstić information content (AvgIpc) is 1.77. The lowest BCUT2D eigenvalue weighted by molar-refractivity contribution is 0.111. The summed E-state index contributed by atoms with van der Waals surface area (Å²) in [5, 5.41) is 0. The molecule has 0 radical (unpaired) electrons. The lowest BCUT2D eigenvalue weighted by Crippen LogP contribution is -2.45. The van der Waals surface area contributed by atoms with Gasteiger partial charge >= 0.3 is 0 Å². The summed E-state index contributed by atoms with van der Waals surface area (Å²) in [6.07, 6.45) is 6.13. The van der Waals surface area contributed by atoms with Crippen molar-refractivity contribution in [2.45, 2.75) is 13.3 Å². The van der Waals surface area contributed by atoms with Crippen molar-refractivity contribution < 1.29 is 0 Å². The van der Waals surface area contributed by atoms with Gasteiger partial charge in [0.05, 0.1) is 0 Å². The highest BCUT2D eigenvalue weighted by Crippen LogP contribution is 2.16. The fraction of sp³-hybridized carbons (Fsp3) is 0.750. The van der Waals surface area contributed by atoms with Gasteiger partial charge in [-0.2, -0.15) is 0 Å². The van der Waals surface area contributed by atoms with E-state index >= 15 is 0 Å². The van der Waals surface area contributed by atoms with E-state index in [0.717, 1.165) is 12.3 Å². The molecule has 0 aromatic heterocycles. The Kier molecular flexibility index (Phi) is 2.13. The van der Waals surface area contributed by atoms with Crippen LogP contribution >= 0.6 is 0 Å². The molecular formula is C8H13N. The Morgan fingerprint density at radius 2 is 2.33 bits per heavy atom. The predicted octanol–water partition coefficient (Wildman–Crippen LogP) is 0.961. The minimum Gasteiger partial charge on any atom is -0.303 e. The summed E-state index contributed by atoms with van der Waals surface area (Å²) < 4.78 is 0. The van der Waals surface area contributed by atoms with Gasteiger partial charge in [0, 0.05) is 19.5 Å². The normalized spacial score (nSPS) is 20.9. The molecule has 0 aromatic carbocycles. The molecule has 0 N–H and O–H groups in total. The maximum Gasteiger partial charge on any atom is 0.0139 e. The Labute approximate surface area is 57.0 Å². The maximum atomic E-state index is 5.16. The quantitative estimate of drug-likeness (QED) is 0.494. The fourth-order valence-corrected chi connectivity index (χ4v) is 1.23. The number of nitrogens with zero attached hydrogens (tertiary/aromatic N) is 1. The number of likely N-dealkylation sites (tertiary alicyclic amines) is 1. The van der Waals surface area contributed by atoms with Crippen LogP contribution < -0.4 is 0 Å². The molecule has 1 aliphatic rings. The average molecular weight is 123 g/mol. The van der Waals surface area contributed by atoms with E-state index in [9.17, 15) is 0 Å². The van der Waals surface area contributed by atoms with Gasteiger partial charge in [0.15, 0.2) is 0 Å². The highest BCUT2D eigenvalue weighted by atomic mass is 15.2. The standard InChI is InChI=1S/C8H13N/c1-3-5-8-6-9(4-2)7-8/h1,8H,4-7H2,2H3. The minimum absolute atomic E-state index is 0.801. The summed E-state index contributed by atoms with van der Waals surface area (Å²) in [5.74, 6) is 3.49. The largest absolute Gasteiger partial charge is 0.303 e. The molecule has 0 unspecified atom stereocenters. The van der Waals surface area contributed by atoms with Gasteiger partial charge in [-0.15, -0.1) is 12.3 Å². The smallest absolute Gasteiger partial charge is 0.0139 e. The van der Waals surface area contributed by atoms with Crippen LogP contribution in [0.2, 0.25) is 0 Å². The van der Waals surface area contributed by atoms with Crippen molar-refractivity contribution in [1.29, 1.82) is 0 Å². The summed E-state index contributed by atoms with van der Waals surface area (Å²) in [6, 6.07) is 0. The Bertz CT molecular complexity index is 117. The van der Waals surface area contributed by atoms with E-state index in [-0.39, 0.29) is 0 Å². The second-order valence-corrected chi connectivity index (χ2v) is 2.63. The Balaban J connectivity index is 2.06. The van der Waals surface area contributed by atoms with Crippen molar-refractivity contribution in [3.05, 3.63) is 0 Å². The Morgan fingerprint density at radius 1 is 1.67 bits per heavy atom. The van der Waals surface area contributed by atoms with Crippen molar-refractivity contribution in [2.24, 2.45) is 5.92 Å². The van der Waals surface area contributed by atoms with Gasteiger partial charge in [0.2, 0.25) is 0 Å². The van der Waals surface area contributed by atoms with Crippen LogP contribution in [-0.2, 0) is 0 Å². The molecule has 1 heteroatoms. The zero-order chi connectivity index (χ0) is 6.69. The molecule has 1 saturated heterocycles. The SMILES string of the molecule is C#CCC1CN(CC)C1. The summed E-state index contributed by atoms with van der Waals surface area (Å²) in [4.78, 5) is 2.40. The van der Waals surface area contributed by atoms with Crippen LogP contribution in [-0.4, -0.2) is 24.5 Å². The van der Waals surface area contributed by atoms with E-state index in [2.05, 4.69) is 17.7 Å². The first kappa shape index (κ1) is 6.64. The van der Waals surface area contributed by atoms with E-state index in [1.807, 2.05) is 0 Å².